The first-order chi connectivity index (χ1) is 9.66. The summed E-state index contributed by atoms with van der Waals surface area (Å²) in [5.74, 6) is 0. The maximum Gasteiger partial charge on any atom is 0.312 e. The summed E-state index contributed by atoms with van der Waals surface area (Å²) in [6.45, 7) is 4.77. The van der Waals surface area contributed by atoms with E-state index in [0.717, 1.165) is 6.42 Å². The van der Waals surface area contributed by atoms with E-state index in [9.17, 15) is 9.90 Å². The van der Waals surface area contributed by atoms with Crippen molar-refractivity contribution >= 4 is 6.03 Å². The smallest absolute Gasteiger partial charge is 0.312 e. The van der Waals surface area contributed by atoms with Gasteiger partial charge in [-0.25, -0.2) is 4.79 Å². The van der Waals surface area contributed by atoms with E-state index in [1.165, 1.54) is 32.1 Å². The Kier molecular flexibility index (Phi) is 13.9. The van der Waals surface area contributed by atoms with Gasteiger partial charge in [-0.15, -0.1) is 0 Å². The molecule has 0 rings (SSSR count). The lowest BCUT2D eigenvalue weighted by Crippen LogP contribution is -2.38. The Hall–Kier alpha value is -0.850. The number of primary amides is 1. The van der Waals surface area contributed by atoms with Crippen LogP contribution in [-0.2, 0) is 4.74 Å². The Bertz CT molecular complexity index is 228. The number of carbonyl (C=O) groups excluding carboxylic acids is 1. The number of amides is 2. The van der Waals surface area contributed by atoms with Gasteiger partial charge in [0, 0.05) is 26.2 Å². The molecule has 0 saturated heterocycles. The molecule has 0 aliphatic rings. The van der Waals surface area contributed by atoms with Crippen LogP contribution >= 0.6 is 0 Å². The second-order valence-electron chi connectivity index (χ2n) is 4.99. The molecule has 0 saturated carbocycles. The monoisotopic (exact) mass is 289 g/mol. The molecule has 0 fully saturated rings. The summed E-state index contributed by atoms with van der Waals surface area (Å²) < 4.78 is 5.42. The molecular weight excluding hydrogens is 258 g/mol. The molecule has 20 heavy (non-hydrogen) atoms. The quantitative estimate of drug-likeness (QED) is 0.358. The number of hydrogen-bond acceptors (Lipinski definition) is 4. The van der Waals surface area contributed by atoms with Crippen molar-refractivity contribution in [2.45, 2.75) is 51.6 Å². The molecule has 0 aromatic rings. The van der Waals surface area contributed by atoms with Gasteiger partial charge < -0.3 is 26.2 Å². The summed E-state index contributed by atoms with van der Waals surface area (Å²) >= 11 is 0. The Labute approximate surface area is 122 Å². The predicted octanol–water partition coefficient (Wildman–Crippen LogP) is 0.982. The molecule has 1 atom stereocenters. The van der Waals surface area contributed by atoms with Crippen molar-refractivity contribution in [1.82, 2.24) is 10.6 Å². The fourth-order valence-corrected chi connectivity index (χ4v) is 1.81. The average molecular weight is 289 g/mol. The van der Waals surface area contributed by atoms with Gasteiger partial charge in [0.25, 0.3) is 0 Å². The van der Waals surface area contributed by atoms with Crippen LogP contribution in [-0.4, -0.2) is 50.1 Å². The van der Waals surface area contributed by atoms with Gasteiger partial charge in [0.05, 0.1) is 12.7 Å². The number of nitrogens with one attached hydrogen (secondary N) is 2. The molecule has 120 valence electrons. The summed E-state index contributed by atoms with van der Waals surface area (Å²) in [6.07, 6.45) is 6.92. The van der Waals surface area contributed by atoms with E-state index in [-0.39, 0.29) is 0 Å². The van der Waals surface area contributed by atoms with Crippen LogP contribution in [0.3, 0.4) is 0 Å². The first kappa shape index (κ1) is 19.1. The number of nitrogens with two attached hydrogens (primary N) is 1. The molecule has 0 bridgehead atoms. The molecule has 6 nitrogen and oxygen atoms in total. The van der Waals surface area contributed by atoms with Crippen molar-refractivity contribution in [2.75, 3.05) is 32.8 Å². The maximum absolute atomic E-state index is 10.4. The zero-order chi connectivity index (χ0) is 15.1. The minimum Gasteiger partial charge on any atom is -0.389 e. The average Bonchev–Trinajstić information content (AvgIpc) is 2.41. The van der Waals surface area contributed by atoms with Gasteiger partial charge in [0.1, 0.15) is 0 Å². The van der Waals surface area contributed by atoms with Crippen molar-refractivity contribution in [3.05, 3.63) is 0 Å². The molecule has 0 aliphatic carbocycles. The number of urea groups is 1. The van der Waals surface area contributed by atoms with E-state index >= 15 is 0 Å². The topological polar surface area (TPSA) is 96.6 Å². The van der Waals surface area contributed by atoms with Crippen LogP contribution in [0.1, 0.15) is 45.4 Å². The largest absolute Gasteiger partial charge is 0.389 e. The number of aliphatic hydroxyl groups is 1. The van der Waals surface area contributed by atoms with Crippen LogP contribution in [0.5, 0.6) is 0 Å². The van der Waals surface area contributed by atoms with E-state index in [4.69, 9.17) is 10.5 Å². The van der Waals surface area contributed by atoms with E-state index in [1.54, 1.807) is 0 Å². The molecule has 0 aliphatic heterocycles. The molecule has 0 heterocycles. The molecule has 6 heteroatoms. The molecule has 0 aromatic heterocycles. The summed E-state index contributed by atoms with van der Waals surface area (Å²) in [5.41, 5.74) is 4.92. The minimum absolute atomic E-state index is 0.352. The number of unbranched alkanes of at least 4 members (excludes halogenated alkanes) is 5. The van der Waals surface area contributed by atoms with Gasteiger partial charge in [-0.1, -0.05) is 39.0 Å². The Balaban J connectivity index is 3.16. The van der Waals surface area contributed by atoms with Crippen molar-refractivity contribution in [3.8, 4) is 0 Å². The molecule has 5 N–H and O–H groups in total. The highest BCUT2D eigenvalue weighted by atomic mass is 16.5. The summed E-state index contributed by atoms with van der Waals surface area (Å²) in [5, 5.41) is 15.1. The van der Waals surface area contributed by atoms with E-state index in [0.29, 0.717) is 32.8 Å². The molecule has 0 aromatic carbocycles. The van der Waals surface area contributed by atoms with Gasteiger partial charge in [0.15, 0.2) is 0 Å². The Morgan fingerprint density at radius 1 is 1.20 bits per heavy atom. The number of ether oxygens (including phenoxy) is 1. The van der Waals surface area contributed by atoms with Crippen LogP contribution in [0, 0.1) is 0 Å². The Morgan fingerprint density at radius 3 is 2.60 bits per heavy atom. The number of carbonyl (C=O) groups is 1. The fraction of sp³-hybridized carbons (Fsp3) is 0.929. The number of hydrogen-bond donors (Lipinski definition) is 4. The second-order valence-corrected chi connectivity index (χ2v) is 4.99. The maximum atomic E-state index is 10.4. The van der Waals surface area contributed by atoms with Crippen LogP contribution in [0.2, 0.25) is 0 Å². The summed E-state index contributed by atoms with van der Waals surface area (Å²) in [7, 11) is 0. The van der Waals surface area contributed by atoms with Crippen molar-refractivity contribution < 1.29 is 14.6 Å². The van der Waals surface area contributed by atoms with Gasteiger partial charge in [-0.05, 0) is 6.42 Å². The highest BCUT2D eigenvalue weighted by Crippen LogP contribution is 2.04. The van der Waals surface area contributed by atoms with Gasteiger partial charge >= 0.3 is 6.03 Å². The standard InChI is InChI=1S/C14H31N3O3/c1-2-3-4-5-6-7-10-20-12-13(18)11-16-8-9-17-14(15)19/h13,16,18H,2-12H2,1H3,(H3,15,17,19). The fourth-order valence-electron chi connectivity index (χ4n) is 1.81. The van der Waals surface area contributed by atoms with Gasteiger partial charge in [-0.2, -0.15) is 0 Å². The molecule has 0 radical (unpaired) electrons. The minimum atomic E-state index is -0.533. The SMILES string of the molecule is CCCCCCCCOCC(O)CNCCNC(N)=O. The lowest BCUT2D eigenvalue weighted by molar-refractivity contribution is 0.0356. The first-order valence-corrected chi connectivity index (χ1v) is 7.66. The third kappa shape index (κ3) is 15.2. The molecule has 0 spiro atoms. The second kappa shape index (κ2) is 14.6. The third-order valence-electron chi connectivity index (χ3n) is 2.93. The predicted molar refractivity (Wildman–Crippen MR) is 80.7 cm³/mol. The normalized spacial score (nSPS) is 12.3. The van der Waals surface area contributed by atoms with Crippen LogP contribution in [0.15, 0.2) is 0 Å². The van der Waals surface area contributed by atoms with E-state index in [1.807, 2.05) is 0 Å². The van der Waals surface area contributed by atoms with Crippen molar-refractivity contribution in [3.63, 3.8) is 0 Å². The Morgan fingerprint density at radius 2 is 1.90 bits per heavy atom. The van der Waals surface area contributed by atoms with Crippen LogP contribution in [0.25, 0.3) is 0 Å². The lowest BCUT2D eigenvalue weighted by atomic mass is 10.1. The molecule has 2 amide bonds. The molecule has 1 unspecified atom stereocenters. The van der Waals surface area contributed by atoms with E-state index in [2.05, 4.69) is 17.6 Å². The summed E-state index contributed by atoms with van der Waals surface area (Å²) in [4.78, 5) is 10.4. The highest BCUT2D eigenvalue weighted by molar-refractivity contribution is 5.71. The van der Waals surface area contributed by atoms with Gasteiger partial charge in [-0.3, -0.25) is 0 Å². The number of rotatable bonds is 14. The van der Waals surface area contributed by atoms with Crippen molar-refractivity contribution in [2.24, 2.45) is 5.73 Å². The van der Waals surface area contributed by atoms with Crippen LogP contribution in [0.4, 0.5) is 4.79 Å². The lowest BCUT2D eigenvalue weighted by Gasteiger charge is -2.12. The van der Waals surface area contributed by atoms with Crippen molar-refractivity contribution in [1.29, 1.82) is 0 Å². The highest BCUT2D eigenvalue weighted by Gasteiger charge is 2.03. The third-order valence-corrected chi connectivity index (χ3v) is 2.93. The first-order valence-electron chi connectivity index (χ1n) is 7.66. The van der Waals surface area contributed by atoms with Gasteiger partial charge in [0.2, 0.25) is 0 Å². The number of aliphatic hydroxyl groups excluding tert-OH is 1. The summed E-state index contributed by atoms with van der Waals surface area (Å²) in [6, 6.07) is -0.533. The van der Waals surface area contributed by atoms with Crippen LogP contribution < -0.4 is 16.4 Å². The zero-order valence-corrected chi connectivity index (χ0v) is 12.7. The van der Waals surface area contributed by atoms with E-state index < -0.39 is 12.1 Å². The molecular formula is C14H31N3O3. The zero-order valence-electron chi connectivity index (χ0n) is 12.7.